The largest absolute Gasteiger partial charge is 0.308 e. The van der Waals surface area contributed by atoms with E-state index in [0.717, 1.165) is 66.3 Å². The monoisotopic (exact) mass is 625 g/mol. The first kappa shape index (κ1) is 22.7. The number of fused-ring (bicyclic) bond motifs is 2. The molecule has 0 fully saturated rings. The van der Waals surface area contributed by atoms with Crippen molar-refractivity contribution >= 4 is 34.1 Å². The molecule has 1 unspecified atom stereocenters. The highest BCUT2D eigenvalue weighted by molar-refractivity contribution is 7.86. The first-order chi connectivity index (χ1) is 25.3. The standard InChI is InChI=1S/C43H29N2OP/c46-47(37-15-8-3-9-16-37)40-18-10-17-38-42(40)45(43(44-38)35-13-6-2-7-14-35)39-28-27-36(29-41(39)47)34-25-23-33(24-26-34)32-21-19-31(20-22-32)30-11-4-1-5-12-30/h1-29H/i1D,4D,5D,11D,12D. The molecule has 8 aromatic rings. The van der Waals surface area contributed by atoms with Crippen LogP contribution in [0.5, 0.6) is 0 Å². The molecule has 4 heteroatoms. The summed E-state index contributed by atoms with van der Waals surface area (Å²) in [6.07, 6.45) is 0. The van der Waals surface area contributed by atoms with Crippen LogP contribution >= 0.6 is 7.14 Å². The average Bonchev–Trinajstić information content (AvgIpc) is 3.60. The van der Waals surface area contributed by atoms with E-state index in [2.05, 4.69) is 47.0 Å². The van der Waals surface area contributed by atoms with Gasteiger partial charge < -0.3 is 4.57 Å². The minimum absolute atomic E-state index is 0.183. The Balaban J connectivity index is 1.14. The fourth-order valence-electron chi connectivity index (χ4n) is 6.65. The zero-order valence-electron chi connectivity index (χ0n) is 30.1. The van der Waals surface area contributed by atoms with Crippen LogP contribution in [0.3, 0.4) is 0 Å². The van der Waals surface area contributed by atoms with Gasteiger partial charge in [0.25, 0.3) is 0 Å². The summed E-state index contributed by atoms with van der Waals surface area (Å²) in [6.45, 7) is 0. The van der Waals surface area contributed by atoms with Gasteiger partial charge in [0, 0.05) is 21.5 Å². The predicted molar refractivity (Wildman–Crippen MR) is 196 cm³/mol. The van der Waals surface area contributed by atoms with Crippen molar-refractivity contribution < 1.29 is 11.4 Å². The van der Waals surface area contributed by atoms with Gasteiger partial charge in [-0.3, -0.25) is 4.57 Å². The van der Waals surface area contributed by atoms with Crippen molar-refractivity contribution in [2.45, 2.75) is 0 Å². The van der Waals surface area contributed by atoms with Crippen molar-refractivity contribution in [2.75, 3.05) is 0 Å². The van der Waals surface area contributed by atoms with Crippen LogP contribution in [0.25, 0.3) is 61.5 Å². The van der Waals surface area contributed by atoms with Crippen molar-refractivity contribution in [1.29, 1.82) is 0 Å². The van der Waals surface area contributed by atoms with Crippen molar-refractivity contribution in [2.24, 2.45) is 0 Å². The number of hydrogen-bond donors (Lipinski definition) is 0. The van der Waals surface area contributed by atoms with Crippen LogP contribution in [0, 0.1) is 0 Å². The normalized spacial score (nSPS) is 16.5. The quantitative estimate of drug-likeness (QED) is 0.179. The zero-order valence-corrected chi connectivity index (χ0v) is 26.0. The third-order valence-corrected chi connectivity index (χ3v) is 12.0. The van der Waals surface area contributed by atoms with Gasteiger partial charge in [0.1, 0.15) is 5.82 Å². The fourth-order valence-corrected chi connectivity index (χ4v) is 9.68. The Bertz CT molecular complexity index is 2720. The molecule has 0 radical (unpaired) electrons. The van der Waals surface area contributed by atoms with E-state index in [9.17, 15) is 0 Å². The number of hydrogen-bond acceptors (Lipinski definition) is 2. The Kier molecular flexibility index (Phi) is 5.29. The first-order valence-corrected chi connectivity index (χ1v) is 17.1. The number of imidazole rings is 1. The SMILES string of the molecule is [2H]c1c([2H])c([2H])c(-c2ccc(-c3ccc(-c4ccc5c(c4)P(=O)(c4ccccc4)c4cccc6nc(-c7ccccc7)n-5c46)cc3)cc2)c([2H])c1[2H]. The molecular formula is C43H29N2OP. The molecule has 0 amide bonds. The Labute approximate surface area is 280 Å². The highest BCUT2D eigenvalue weighted by Gasteiger charge is 2.40. The van der Waals surface area contributed by atoms with Gasteiger partial charge >= 0.3 is 0 Å². The van der Waals surface area contributed by atoms with Crippen LogP contribution in [-0.2, 0) is 4.57 Å². The van der Waals surface area contributed by atoms with Gasteiger partial charge in [-0.1, -0.05) is 152 Å². The molecule has 1 aliphatic heterocycles. The molecule has 0 aliphatic carbocycles. The van der Waals surface area contributed by atoms with E-state index in [1.165, 1.54) is 0 Å². The Hall–Kier alpha value is -5.76. The highest BCUT2D eigenvalue weighted by atomic mass is 31.2. The topological polar surface area (TPSA) is 34.9 Å². The van der Waals surface area contributed by atoms with Crippen molar-refractivity contribution in [3.8, 4) is 50.5 Å². The van der Waals surface area contributed by atoms with E-state index < -0.39 is 13.2 Å². The van der Waals surface area contributed by atoms with Gasteiger partial charge in [-0.25, -0.2) is 4.98 Å². The van der Waals surface area contributed by atoms with Gasteiger partial charge in [-0.05, 0) is 57.6 Å². The molecule has 0 spiro atoms. The molecule has 0 saturated heterocycles. The number of benzene rings is 7. The Morgan fingerprint density at radius 3 is 1.74 bits per heavy atom. The van der Waals surface area contributed by atoms with Gasteiger partial charge in [-0.2, -0.15) is 0 Å². The third-order valence-electron chi connectivity index (χ3n) is 8.93. The lowest BCUT2D eigenvalue weighted by Crippen LogP contribution is -2.33. The fraction of sp³-hybridized carbons (Fsp3) is 0. The smallest absolute Gasteiger partial charge is 0.175 e. The molecule has 1 atom stereocenters. The van der Waals surface area contributed by atoms with Crippen LogP contribution < -0.4 is 15.9 Å². The van der Waals surface area contributed by atoms with E-state index in [1.807, 2.05) is 91.0 Å². The van der Waals surface area contributed by atoms with Gasteiger partial charge in [-0.15, -0.1) is 0 Å². The molecule has 3 nitrogen and oxygen atoms in total. The van der Waals surface area contributed by atoms with Crippen molar-refractivity contribution in [3.05, 3.63) is 176 Å². The highest BCUT2D eigenvalue weighted by Crippen LogP contribution is 2.50. The Morgan fingerprint density at radius 1 is 0.511 bits per heavy atom. The van der Waals surface area contributed by atoms with E-state index in [-0.39, 0.29) is 29.7 Å². The maximum absolute atomic E-state index is 15.8. The van der Waals surface area contributed by atoms with Crippen molar-refractivity contribution in [1.82, 2.24) is 9.55 Å². The first-order valence-electron chi connectivity index (χ1n) is 17.9. The number of nitrogens with zero attached hydrogens (tertiary/aromatic N) is 2. The third kappa shape index (κ3) is 4.43. The number of aromatic nitrogens is 2. The lowest BCUT2D eigenvalue weighted by Gasteiger charge is -2.29. The molecule has 1 aromatic heterocycles. The van der Waals surface area contributed by atoms with Gasteiger partial charge in [0.05, 0.1) is 23.6 Å². The summed E-state index contributed by atoms with van der Waals surface area (Å²) in [6, 6.07) is 46.0. The summed E-state index contributed by atoms with van der Waals surface area (Å²) < 4.78 is 58.6. The van der Waals surface area contributed by atoms with E-state index in [1.54, 1.807) is 12.1 Å². The lowest BCUT2D eigenvalue weighted by molar-refractivity contribution is 0.592. The zero-order chi connectivity index (χ0) is 35.7. The van der Waals surface area contributed by atoms with Crippen LogP contribution in [0.2, 0.25) is 0 Å². The lowest BCUT2D eigenvalue weighted by atomic mass is 9.98. The molecule has 1 aliphatic rings. The molecule has 222 valence electrons. The summed E-state index contributed by atoms with van der Waals surface area (Å²) in [5, 5.41) is 2.31. The van der Waals surface area contributed by atoms with E-state index in [4.69, 9.17) is 11.8 Å². The molecule has 0 N–H and O–H groups in total. The molecule has 47 heavy (non-hydrogen) atoms. The predicted octanol–water partition coefficient (Wildman–Crippen LogP) is 9.65. The molecule has 9 rings (SSSR count). The van der Waals surface area contributed by atoms with E-state index >= 15 is 4.57 Å². The molecular weight excluding hydrogens is 591 g/mol. The van der Waals surface area contributed by atoms with Gasteiger partial charge in [0.15, 0.2) is 7.14 Å². The van der Waals surface area contributed by atoms with E-state index in [0.29, 0.717) is 5.56 Å². The van der Waals surface area contributed by atoms with Crippen LogP contribution in [0.15, 0.2) is 176 Å². The summed E-state index contributed by atoms with van der Waals surface area (Å²) >= 11 is 0. The number of para-hydroxylation sites is 1. The van der Waals surface area contributed by atoms with Crippen LogP contribution in [0.4, 0.5) is 0 Å². The molecule has 2 heterocycles. The van der Waals surface area contributed by atoms with Crippen LogP contribution in [0.1, 0.15) is 6.85 Å². The molecule has 7 aromatic carbocycles. The van der Waals surface area contributed by atoms with Gasteiger partial charge in [0.2, 0.25) is 0 Å². The van der Waals surface area contributed by atoms with Crippen molar-refractivity contribution in [3.63, 3.8) is 0 Å². The number of rotatable bonds is 5. The second kappa shape index (κ2) is 10.9. The second-order valence-corrected chi connectivity index (χ2v) is 14.3. The summed E-state index contributed by atoms with van der Waals surface area (Å²) in [4.78, 5) is 5.07. The summed E-state index contributed by atoms with van der Waals surface area (Å²) in [7, 11) is -3.32. The minimum atomic E-state index is -3.32. The summed E-state index contributed by atoms with van der Waals surface area (Å²) in [5.74, 6) is 0.804. The Morgan fingerprint density at radius 2 is 1.09 bits per heavy atom. The average molecular weight is 626 g/mol. The second-order valence-electron chi connectivity index (χ2n) is 11.6. The summed E-state index contributed by atoms with van der Waals surface area (Å²) in [5.41, 5.74) is 8.05. The molecule has 0 bridgehead atoms. The maximum Gasteiger partial charge on any atom is 0.175 e. The molecule has 0 saturated carbocycles. The minimum Gasteiger partial charge on any atom is -0.308 e. The maximum atomic E-state index is 15.8. The van der Waals surface area contributed by atoms with Crippen LogP contribution in [-0.4, -0.2) is 9.55 Å².